The molecule has 0 spiro atoms. The number of carbonyl (C=O) groups is 2. The molecule has 1 aliphatic heterocycles. The van der Waals surface area contributed by atoms with E-state index in [4.69, 9.17) is 0 Å². The Hall–Kier alpha value is -1.10. The highest BCUT2D eigenvalue weighted by molar-refractivity contribution is 5.87. The molecule has 126 valence electrons. The zero-order valence-electron chi connectivity index (χ0n) is 14.3. The molecule has 5 nitrogen and oxygen atoms in total. The van der Waals surface area contributed by atoms with E-state index < -0.39 is 0 Å². The molecule has 1 atom stereocenters. The predicted octanol–water partition coefficient (Wildman–Crippen LogP) is 1.48. The van der Waals surface area contributed by atoms with Crippen LogP contribution in [0.4, 0.5) is 0 Å². The summed E-state index contributed by atoms with van der Waals surface area (Å²) in [6, 6.07) is -0.309. The fourth-order valence-electron chi connectivity index (χ4n) is 3.75. The van der Waals surface area contributed by atoms with E-state index in [1.54, 1.807) is 0 Å². The molecule has 22 heavy (non-hydrogen) atoms. The molecule has 5 heteroatoms. The highest BCUT2D eigenvalue weighted by Gasteiger charge is 2.35. The maximum Gasteiger partial charge on any atom is 0.245 e. The van der Waals surface area contributed by atoms with Gasteiger partial charge in [0, 0.05) is 39.6 Å². The van der Waals surface area contributed by atoms with Crippen LogP contribution >= 0.6 is 0 Å². The topological polar surface area (TPSA) is 52.7 Å². The summed E-state index contributed by atoms with van der Waals surface area (Å²) in [6.45, 7) is 10.5. The Balaban J connectivity index is 1.91. The van der Waals surface area contributed by atoms with Crippen molar-refractivity contribution in [1.82, 2.24) is 15.1 Å². The number of carbonyl (C=O) groups excluding carboxylic acids is 2. The van der Waals surface area contributed by atoms with Gasteiger partial charge in [-0.2, -0.15) is 0 Å². The Kier molecular flexibility index (Phi) is 6.24. The lowest BCUT2D eigenvalue weighted by atomic mass is 9.96. The van der Waals surface area contributed by atoms with E-state index in [1.165, 1.54) is 19.8 Å². The Morgan fingerprint density at radius 2 is 1.68 bits per heavy atom. The van der Waals surface area contributed by atoms with Gasteiger partial charge in [-0.3, -0.25) is 14.5 Å². The van der Waals surface area contributed by atoms with Crippen molar-refractivity contribution in [3.05, 3.63) is 0 Å². The highest BCUT2D eigenvalue weighted by Crippen LogP contribution is 2.28. The zero-order valence-corrected chi connectivity index (χ0v) is 14.3. The summed E-state index contributed by atoms with van der Waals surface area (Å²) in [5, 5.41) is 2.92. The summed E-state index contributed by atoms with van der Waals surface area (Å²) in [4.78, 5) is 28.7. The van der Waals surface area contributed by atoms with Crippen LogP contribution in [0.1, 0.15) is 46.5 Å². The average Bonchev–Trinajstić information content (AvgIpc) is 2.98. The van der Waals surface area contributed by atoms with Crippen LogP contribution in [-0.2, 0) is 9.59 Å². The largest absolute Gasteiger partial charge is 0.344 e. The van der Waals surface area contributed by atoms with Crippen molar-refractivity contribution in [3.63, 3.8) is 0 Å². The lowest BCUT2D eigenvalue weighted by Gasteiger charge is -2.38. The van der Waals surface area contributed by atoms with Gasteiger partial charge >= 0.3 is 0 Å². The monoisotopic (exact) mass is 309 g/mol. The molecule has 2 fully saturated rings. The van der Waals surface area contributed by atoms with Crippen LogP contribution in [0.2, 0.25) is 0 Å². The van der Waals surface area contributed by atoms with Crippen LogP contribution in [0, 0.1) is 11.8 Å². The van der Waals surface area contributed by atoms with E-state index in [-0.39, 0.29) is 17.9 Å². The predicted molar refractivity (Wildman–Crippen MR) is 87.4 cm³/mol. The molecule has 1 saturated heterocycles. The van der Waals surface area contributed by atoms with Gasteiger partial charge in [-0.15, -0.1) is 0 Å². The minimum Gasteiger partial charge on any atom is -0.344 e. The third-order valence-electron chi connectivity index (χ3n) is 4.80. The first-order chi connectivity index (χ1) is 10.5. The first kappa shape index (κ1) is 17.3. The van der Waals surface area contributed by atoms with E-state index >= 15 is 0 Å². The molecule has 0 aromatic rings. The number of nitrogens with zero attached hydrogens (tertiary/aromatic N) is 2. The van der Waals surface area contributed by atoms with Crippen LogP contribution in [0.5, 0.6) is 0 Å². The molecular weight excluding hydrogens is 278 g/mol. The lowest BCUT2D eigenvalue weighted by molar-refractivity contribution is -0.139. The fraction of sp³-hybridized carbons (Fsp3) is 0.882. The first-order valence-electron chi connectivity index (χ1n) is 8.75. The number of hydrogen-bond donors (Lipinski definition) is 1. The minimum atomic E-state index is -0.309. The Morgan fingerprint density at radius 1 is 1.09 bits per heavy atom. The SMILES string of the molecule is CC(=O)NC(C(=O)N1CCN(CC(C)C)CC1)C1CCCC1. The van der Waals surface area contributed by atoms with Crippen molar-refractivity contribution in [2.75, 3.05) is 32.7 Å². The van der Waals surface area contributed by atoms with Gasteiger partial charge in [0.15, 0.2) is 0 Å². The second-order valence-electron chi connectivity index (χ2n) is 7.24. The van der Waals surface area contributed by atoms with Crippen LogP contribution in [0.15, 0.2) is 0 Å². The Labute approximate surface area is 134 Å². The molecule has 0 aromatic heterocycles. The molecule has 0 radical (unpaired) electrons. The summed E-state index contributed by atoms with van der Waals surface area (Å²) in [7, 11) is 0. The summed E-state index contributed by atoms with van der Waals surface area (Å²) < 4.78 is 0. The number of piperazine rings is 1. The summed E-state index contributed by atoms with van der Waals surface area (Å²) in [6.07, 6.45) is 4.47. The van der Waals surface area contributed by atoms with Gasteiger partial charge in [-0.25, -0.2) is 0 Å². The molecule has 2 rings (SSSR count). The molecule has 1 N–H and O–H groups in total. The van der Waals surface area contributed by atoms with Crippen molar-refractivity contribution in [2.45, 2.75) is 52.5 Å². The third-order valence-corrected chi connectivity index (χ3v) is 4.80. The average molecular weight is 309 g/mol. The standard InChI is InChI=1S/C17H31N3O2/c1-13(2)12-19-8-10-20(11-9-19)17(22)16(18-14(3)21)15-6-4-5-7-15/h13,15-16H,4-12H2,1-3H3,(H,18,21). The molecule has 1 unspecified atom stereocenters. The molecule has 0 aromatic carbocycles. The number of nitrogens with one attached hydrogen (secondary N) is 1. The van der Waals surface area contributed by atoms with E-state index in [1.807, 2.05) is 4.90 Å². The van der Waals surface area contributed by atoms with Gasteiger partial charge in [0.1, 0.15) is 6.04 Å². The lowest BCUT2D eigenvalue weighted by Crippen LogP contribution is -2.56. The van der Waals surface area contributed by atoms with E-state index in [9.17, 15) is 9.59 Å². The van der Waals surface area contributed by atoms with Crippen molar-refractivity contribution in [2.24, 2.45) is 11.8 Å². The van der Waals surface area contributed by atoms with Gasteiger partial charge in [0.25, 0.3) is 0 Å². The molecule has 2 aliphatic rings. The van der Waals surface area contributed by atoms with Crippen LogP contribution in [0.25, 0.3) is 0 Å². The Morgan fingerprint density at radius 3 is 2.18 bits per heavy atom. The van der Waals surface area contributed by atoms with Gasteiger partial charge in [-0.1, -0.05) is 26.7 Å². The van der Waals surface area contributed by atoms with Crippen molar-refractivity contribution >= 4 is 11.8 Å². The van der Waals surface area contributed by atoms with Gasteiger partial charge < -0.3 is 10.2 Å². The minimum absolute atomic E-state index is 0.0938. The molecule has 1 saturated carbocycles. The second-order valence-corrected chi connectivity index (χ2v) is 7.24. The summed E-state index contributed by atoms with van der Waals surface area (Å²) >= 11 is 0. The highest BCUT2D eigenvalue weighted by atomic mass is 16.2. The maximum absolute atomic E-state index is 12.8. The van der Waals surface area contributed by atoms with Gasteiger partial charge in [0.2, 0.25) is 11.8 Å². The van der Waals surface area contributed by atoms with Crippen molar-refractivity contribution in [1.29, 1.82) is 0 Å². The molecular formula is C17H31N3O2. The second kappa shape index (κ2) is 7.95. The number of hydrogen-bond acceptors (Lipinski definition) is 3. The summed E-state index contributed by atoms with van der Waals surface area (Å²) in [5.41, 5.74) is 0. The quantitative estimate of drug-likeness (QED) is 0.837. The molecule has 0 bridgehead atoms. The number of rotatable bonds is 5. The van der Waals surface area contributed by atoms with Gasteiger partial charge in [0.05, 0.1) is 0 Å². The zero-order chi connectivity index (χ0) is 16.1. The van der Waals surface area contributed by atoms with Crippen molar-refractivity contribution in [3.8, 4) is 0 Å². The maximum atomic E-state index is 12.8. The van der Waals surface area contributed by atoms with E-state index in [0.29, 0.717) is 11.8 Å². The third kappa shape index (κ3) is 4.70. The van der Waals surface area contributed by atoms with Crippen LogP contribution < -0.4 is 5.32 Å². The van der Waals surface area contributed by atoms with E-state index in [2.05, 4.69) is 24.1 Å². The molecule has 1 aliphatic carbocycles. The molecule has 2 amide bonds. The van der Waals surface area contributed by atoms with Gasteiger partial charge in [-0.05, 0) is 24.7 Å². The molecule has 1 heterocycles. The fourth-order valence-corrected chi connectivity index (χ4v) is 3.75. The first-order valence-corrected chi connectivity index (χ1v) is 8.75. The number of amides is 2. The summed E-state index contributed by atoms with van der Waals surface area (Å²) in [5.74, 6) is 1.02. The van der Waals surface area contributed by atoms with Crippen molar-refractivity contribution < 1.29 is 9.59 Å². The normalized spacial score (nSPS) is 22.1. The Bertz CT molecular complexity index is 383. The smallest absolute Gasteiger partial charge is 0.245 e. The van der Waals surface area contributed by atoms with Crippen LogP contribution in [-0.4, -0.2) is 60.4 Å². The van der Waals surface area contributed by atoms with E-state index in [0.717, 1.165) is 45.6 Å². The van der Waals surface area contributed by atoms with Crippen LogP contribution in [0.3, 0.4) is 0 Å².